The molecule has 10 heteroatoms. The maximum atomic E-state index is 14.0. The van der Waals surface area contributed by atoms with Crippen LogP contribution in [0.15, 0.2) is 48.7 Å². The van der Waals surface area contributed by atoms with E-state index < -0.39 is 11.9 Å². The molecular weight excluding hydrogens is 489 g/mol. The van der Waals surface area contributed by atoms with Gasteiger partial charge in [0.15, 0.2) is 11.6 Å². The molecule has 38 heavy (non-hydrogen) atoms. The number of carbonyl (C=O) groups is 1. The first-order valence-corrected chi connectivity index (χ1v) is 12.5. The molecule has 0 radical (unpaired) electrons. The van der Waals surface area contributed by atoms with Gasteiger partial charge in [-0.2, -0.15) is 5.26 Å². The van der Waals surface area contributed by atoms with Crippen molar-refractivity contribution in [2.45, 2.75) is 38.4 Å². The topological polar surface area (TPSA) is 135 Å². The summed E-state index contributed by atoms with van der Waals surface area (Å²) in [6.07, 6.45) is 2.09. The van der Waals surface area contributed by atoms with E-state index in [0.717, 1.165) is 11.1 Å². The number of nitriles is 1. The molecule has 9 nitrogen and oxygen atoms in total. The van der Waals surface area contributed by atoms with Crippen molar-refractivity contribution in [2.75, 3.05) is 26.2 Å². The zero-order valence-electron chi connectivity index (χ0n) is 21.1. The minimum Gasteiger partial charge on any atom is -0.489 e. The van der Waals surface area contributed by atoms with Gasteiger partial charge >= 0.3 is 0 Å². The average molecular weight is 520 g/mol. The van der Waals surface area contributed by atoms with Crippen LogP contribution in [0.3, 0.4) is 0 Å². The van der Waals surface area contributed by atoms with E-state index in [0.29, 0.717) is 55.2 Å². The van der Waals surface area contributed by atoms with Crippen LogP contribution in [0, 0.1) is 17.1 Å². The van der Waals surface area contributed by atoms with Crippen molar-refractivity contribution >= 4 is 5.91 Å². The van der Waals surface area contributed by atoms with Gasteiger partial charge in [-0.25, -0.2) is 14.4 Å². The molecule has 1 aliphatic heterocycles. The Balaban J connectivity index is 1.45. The number of rotatable bonds is 9. The van der Waals surface area contributed by atoms with Gasteiger partial charge in [0.1, 0.15) is 36.5 Å². The second kappa shape index (κ2) is 12.4. The molecule has 3 aromatic rings. The molecule has 1 amide bonds. The third-order valence-corrected chi connectivity index (χ3v) is 6.24. The number of piperidine rings is 1. The molecular formula is C28H30FN5O4. The van der Waals surface area contributed by atoms with Crippen LogP contribution in [0.25, 0.3) is 11.3 Å². The second-order valence-corrected chi connectivity index (χ2v) is 9.08. The van der Waals surface area contributed by atoms with Crippen molar-refractivity contribution in [3.8, 4) is 28.8 Å². The van der Waals surface area contributed by atoms with Gasteiger partial charge in [-0.3, -0.25) is 4.79 Å². The van der Waals surface area contributed by atoms with Crippen molar-refractivity contribution in [3.63, 3.8) is 0 Å². The lowest BCUT2D eigenvalue weighted by atomic mass is 10.1. The zero-order valence-corrected chi connectivity index (χ0v) is 21.1. The summed E-state index contributed by atoms with van der Waals surface area (Å²) in [5.41, 5.74) is 7.99. The number of aromatic nitrogens is 2. The van der Waals surface area contributed by atoms with Crippen LogP contribution in [0.1, 0.15) is 36.7 Å². The van der Waals surface area contributed by atoms with Crippen LogP contribution in [0.4, 0.5) is 4.39 Å². The van der Waals surface area contributed by atoms with E-state index >= 15 is 0 Å². The monoisotopic (exact) mass is 519 g/mol. The number of hydrogen-bond donors (Lipinski definition) is 2. The normalized spacial score (nSPS) is 14.6. The Hall–Kier alpha value is -4.07. The molecule has 0 bridgehead atoms. The number of halogens is 1. The molecule has 0 spiro atoms. The summed E-state index contributed by atoms with van der Waals surface area (Å²) in [4.78, 5) is 22.6. The Kier molecular flexibility index (Phi) is 8.84. The van der Waals surface area contributed by atoms with E-state index in [-0.39, 0.29) is 30.9 Å². The predicted octanol–water partition coefficient (Wildman–Crippen LogP) is 2.83. The molecule has 2 heterocycles. The van der Waals surface area contributed by atoms with E-state index in [1.807, 2.05) is 6.07 Å². The first-order chi connectivity index (χ1) is 18.4. The lowest BCUT2D eigenvalue weighted by molar-refractivity contribution is -0.141. The Morgan fingerprint density at radius 2 is 2.03 bits per heavy atom. The third kappa shape index (κ3) is 6.62. The summed E-state index contributed by atoms with van der Waals surface area (Å²) in [6, 6.07) is 13.9. The SMILES string of the molecule is C[C@H](O)C(=O)N1CCC(Oc2ccc(-c3ccnc(Cc4ccc(F)c(OCCN)c4)n3)cc2C#N)CC1. The van der Waals surface area contributed by atoms with E-state index in [9.17, 15) is 19.6 Å². The number of nitrogens with zero attached hydrogens (tertiary/aromatic N) is 4. The highest BCUT2D eigenvalue weighted by molar-refractivity contribution is 5.80. The van der Waals surface area contributed by atoms with Crippen molar-refractivity contribution in [1.29, 1.82) is 5.26 Å². The number of benzene rings is 2. The number of ether oxygens (including phenoxy) is 2. The molecule has 1 aliphatic rings. The summed E-state index contributed by atoms with van der Waals surface area (Å²) < 4.78 is 25.5. The maximum Gasteiger partial charge on any atom is 0.251 e. The summed E-state index contributed by atoms with van der Waals surface area (Å²) in [5.74, 6) is 0.411. The minimum absolute atomic E-state index is 0.133. The van der Waals surface area contributed by atoms with E-state index in [1.165, 1.54) is 13.0 Å². The van der Waals surface area contributed by atoms with Crippen molar-refractivity contribution in [2.24, 2.45) is 5.73 Å². The molecule has 198 valence electrons. The fourth-order valence-corrected chi connectivity index (χ4v) is 4.28. The first-order valence-electron chi connectivity index (χ1n) is 12.5. The Morgan fingerprint density at radius 1 is 1.24 bits per heavy atom. The number of aliphatic hydroxyl groups excluding tert-OH is 1. The number of nitrogens with two attached hydrogens (primary N) is 1. The Labute approximate surface area is 220 Å². The van der Waals surface area contributed by atoms with Gasteiger partial charge in [0.2, 0.25) is 0 Å². The Morgan fingerprint density at radius 3 is 2.74 bits per heavy atom. The number of amides is 1. The van der Waals surface area contributed by atoms with Crippen molar-refractivity contribution < 1.29 is 23.8 Å². The summed E-state index contributed by atoms with van der Waals surface area (Å²) >= 11 is 0. The molecule has 1 atom stereocenters. The lowest BCUT2D eigenvalue weighted by Gasteiger charge is -2.33. The first kappa shape index (κ1) is 27.0. The summed E-state index contributed by atoms with van der Waals surface area (Å²) in [5, 5.41) is 19.3. The van der Waals surface area contributed by atoms with Crippen LogP contribution in [-0.2, 0) is 11.2 Å². The highest BCUT2D eigenvalue weighted by Gasteiger charge is 2.26. The number of hydrogen-bond acceptors (Lipinski definition) is 8. The maximum absolute atomic E-state index is 14.0. The van der Waals surface area contributed by atoms with Gasteiger partial charge < -0.3 is 25.2 Å². The lowest BCUT2D eigenvalue weighted by Crippen LogP contribution is -2.45. The van der Waals surface area contributed by atoms with E-state index in [2.05, 4.69) is 16.0 Å². The molecule has 3 N–H and O–H groups in total. The smallest absolute Gasteiger partial charge is 0.251 e. The molecule has 1 saturated heterocycles. The van der Waals surface area contributed by atoms with Crippen LogP contribution < -0.4 is 15.2 Å². The molecule has 0 aliphatic carbocycles. The number of aliphatic hydroxyl groups is 1. The largest absolute Gasteiger partial charge is 0.489 e. The van der Waals surface area contributed by atoms with Gasteiger partial charge in [-0.05, 0) is 48.9 Å². The van der Waals surface area contributed by atoms with Gasteiger partial charge in [-0.15, -0.1) is 0 Å². The van der Waals surface area contributed by atoms with E-state index in [1.54, 1.807) is 41.4 Å². The molecule has 4 rings (SSSR count). The van der Waals surface area contributed by atoms with Gasteiger partial charge in [0, 0.05) is 50.7 Å². The van der Waals surface area contributed by atoms with Crippen molar-refractivity contribution in [3.05, 3.63) is 71.4 Å². The van der Waals surface area contributed by atoms with E-state index in [4.69, 9.17) is 15.2 Å². The molecule has 0 saturated carbocycles. The number of likely N-dealkylation sites (tertiary alicyclic amines) is 1. The second-order valence-electron chi connectivity index (χ2n) is 9.08. The molecule has 1 fully saturated rings. The quantitative estimate of drug-likeness (QED) is 0.441. The average Bonchev–Trinajstić information content (AvgIpc) is 2.93. The highest BCUT2D eigenvalue weighted by Crippen LogP contribution is 2.28. The predicted molar refractivity (Wildman–Crippen MR) is 138 cm³/mol. The van der Waals surface area contributed by atoms with Crippen LogP contribution >= 0.6 is 0 Å². The van der Waals surface area contributed by atoms with Crippen LogP contribution in [-0.4, -0.2) is 64.3 Å². The fourth-order valence-electron chi connectivity index (χ4n) is 4.28. The minimum atomic E-state index is -1.02. The summed E-state index contributed by atoms with van der Waals surface area (Å²) in [6.45, 7) is 2.95. The van der Waals surface area contributed by atoms with Gasteiger partial charge in [0.25, 0.3) is 5.91 Å². The van der Waals surface area contributed by atoms with Crippen LogP contribution in [0.5, 0.6) is 11.5 Å². The van der Waals surface area contributed by atoms with Crippen LogP contribution in [0.2, 0.25) is 0 Å². The standard InChI is InChI=1S/C28H30FN5O4/c1-18(35)28(36)34-11-7-22(8-12-34)38-25-5-3-20(16-21(25)17-31)24-6-10-32-27(33-24)15-19-2-4-23(29)26(14-19)37-13-9-30/h2-6,10,14,16,18,22,35H,7-9,11-13,15,30H2,1H3/t18-/m0/s1. The third-order valence-electron chi connectivity index (χ3n) is 6.24. The molecule has 0 unspecified atom stereocenters. The van der Waals surface area contributed by atoms with Gasteiger partial charge in [-0.1, -0.05) is 6.07 Å². The Bertz CT molecular complexity index is 1320. The summed E-state index contributed by atoms with van der Waals surface area (Å²) in [7, 11) is 0. The highest BCUT2D eigenvalue weighted by atomic mass is 19.1. The zero-order chi connectivity index (χ0) is 27.1. The molecule has 2 aromatic carbocycles. The number of carbonyl (C=O) groups excluding carboxylic acids is 1. The molecule has 1 aromatic heterocycles. The van der Waals surface area contributed by atoms with Gasteiger partial charge in [0.05, 0.1) is 11.3 Å². The van der Waals surface area contributed by atoms with Crippen molar-refractivity contribution in [1.82, 2.24) is 14.9 Å². The fraction of sp³-hybridized carbons (Fsp3) is 0.357.